The normalized spacial score (nSPS) is 9.87. The first kappa shape index (κ1) is 14.2. The molecule has 5 heteroatoms. The second kappa shape index (κ2) is 7.51. The van der Waals surface area contributed by atoms with Crippen molar-refractivity contribution in [2.75, 3.05) is 33.1 Å². The number of halogens is 1. The van der Waals surface area contributed by atoms with Gasteiger partial charge in [0.25, 0.3) is 0 Å². The lowest BCUT2D eigenvalue weighted by Gasteiger charge is -2.21. The number of unbranched alkanes of at least 4 members (excludes halogenated alkanes) is 1. The van der Waals surface area contributed by atoms with Gasteiger partial charge in [-0.25, -0.2) is 0 Å². The van der Waals surface area contributed by atoms with E-state index in [9.17, 15) is 9.59 Å². The molecule has 2 amide bonds. The highest BCUT2D eigenvalue weighted by Gasteiger charge is 2.14. The summed E-state index contributed by atoms with van der Waals surface area (Å²) in [5.41, 5.74) is 0. The number of hydrogen-bond donors (Lipinski definition) is 0. The number of alkyl halides is 1. The highest BCUT2D eigenvalue weighted by molar-refractivity contribution is 6.27. The molecule has 0 aromatic heterocycles. The summed E-state index contributed by atoms with van der Waals surface area (Å²) in [6, 6.07) is 0. The van der Waals surface area contributed by atoms with Gasteiger partial charge in [0, 0.05) is 20.6 Å². The van der Waals surface area contributed by atoms with E-state index in [1.807, 2.05) is 0 Å². The summed E-state index contributed by atoms with van der Waals surface area (Å²) >= 11 is 5.38. The standard InChI is InChI=1S/C10H19ClN2O2/c1-4-5-6-12(2)10(15)8-13(3)9(14)7-11/h4-8H2,1-3H3. The van der Waals surface area contributed by atoms with Crippen molar-refractivity contribution in [2.45, 2.75) is 19.8 Å². The van der Waals surface area contributed by atoms with Crippen molar-refractivity contribution in [1.82, 2.24) is 9.80 Å². The van der Waals surface area contributed by atoms with Crippen LogP contribution in [0.2, 0.25) is 0 Å². The van der Waals surface area contributed by atoms with Crippen LogP contribution in [0.15, 0.2) is 0 Å². The van der Waals surface area contributed by atoms with Gasteiger partial charge in [-0.15, -0.1) is 11.6 Å². The molecule has 0 aliphatic rings. The van der Waals surface area contributed by atoms with E-state index in [1.54, 1.807) is 19.0 Å². The van der Waals surface area contributed by atoms with Crippen molar-refractivity contribution in [3.63, 3.8) is 0 Å². The van der Waals surface area contributed by atoms with Gasteiger partial charge in [-0.1, -0.05) is 13.3 Å². The Hall–Kier alpha value is -0.770. The molecule has 0 atom stereocenters. The molecule has 15 heavy (non-hydrogen) atoms. The molecule has 0 aliphatic heterocycles. The number of amides is 2. The maximum Gasteiger partial charge on any atom is 0.241 e. The van der Waals surface area contributed by atoms with E-state index in [4.69, 9.17) is 11.6 Å². The van der Waals surface area contributed by atoms with Crippen LogP contribution in [0, 0.1) is 0 Å². The molecule has 4 nitrogen and oxygen atoms in total. The lowest BCUT2D eigenvalue weighted by atomic mass is 10.3. The third-order valence-electron chi connectivity index (χ3n) is 2.19. The number of hydrogen-bond acceptors (Lipinski definition) is 2. The van der Waals surface area contributed by atoms with E-state index in [2.05, 4.69) is 6.92 Å². The van der Waals surface area contributed by atoms with Crippen LogP contribution in [0.25, 0.3) is 0 Å². The smallest absolute Gasteiger partial charge is 0.241 e. The first-order valence-corrected chi connectivity index (χ1v) is 5.60. The zero-order valence-electron chi connectivity index (χ0n) is 9.62. The molecule has 0 N–H and O–H groups in total. The molecule has 0 aromatic carbocycles. The van der Waals surface area contributed by atoms with E-state index in [-0.39, 0.29) is 24.2 Å². The molecule has 88 valence electrons. The van der Waals surface area contributed by atoms with Crippen molar-refractivity contribution in [3.8, 4) is 0 Å². The van der Waals surface area contributed by atoms with E-state index >= 15 is 0 Å². The van der Waals surface area contributed by atoms with Crippen molar-refractivity contribution >= 4 is 23.4 Å². The summed E-state index contributed by atoms with van der Waals surface area (Å²) in [5, 5.41) is 0. The third kappa shape index (κ3) is 5.62. The van der Waals surface area contributed by atoms with E-state index < -0.39 is 0 Å². The van der Waals surface area contributed by atoms with Crippen LogP contribution in [-0.4, -0.2) is 54.7 Å². The van der Waals surface area contributed by atoms with Crippen LogP contribution < -0.4 is 0 Å². The van der Waals surface area contributed by atoms with Crippen LogP contribution in [0.4, 0.5) is 0 Å². The maximum absolute atomic E-state index is 11.6. The average molecular weight is 235 g/mol. The van der Waals surface area contributed by atoms with Gasteiger partial charge in [0.05, 0.1) is 6.54 Å². The van der Waals surface area contributed by atoms with Gasteiger partial charge in [-0.2, -0.15) is 0 Å². The van der Waals surface area contributed by atoms with Crippen LogP contribution in [0.5, 0.6) is 0 Å². The Balaban J connectivity index is 3.95. The number of carbonyl (C=O) groups is 2. The number of likely N-dealkylation sites (N-methyl/N-ethyl adjacent to an activating group) is 2. The Morgan fingerprint density at radius 1 is 1.13 bits per heavy atom. The second-order valence-corrected chi connectivity index (χ2v) is 3.82. The highest BCUT2D eigenvalue weighted by Crippen LogP contribution is 1.95. The van der Waals surface area contributed by atoms with E-state index in [1.165, 1.54) is 4.90 Å². The lowest BCUT2D eigenvalue weighted by Crippen LogP contribution is -2.40. The Bertz CT molecular complexity index is 221. The summed E-state index contributed by atoms with van der Waals surface area (Å²) < 4.78 is 0. The van der Waals surface area contributed by atoms with Gasteiger partial charge in [-0.3, -0.25) is 9.59 Å². The van der Waals surface area contributed by atoms with Crippen LogP contribution >= 0.6 is 11.6 Å². The number of nitrogens with zero attached hydrogens (tertiary/aromatic N) is 2. The van der Waals surface area contributed by atoms with Crippen molar-refractivity contribution < 1.29 is 9.59 Å². The van der Waals surface area contributed by atoms with Crippen LogP contribution in [-0.2, 0) is 9.59 Å². The predicted octanol–water partition coefficient (Wildman–Crippen LogP) is 0.942. The molecule has 0 heterocycles. The lowest BCUT2D eigenvalue weighted by molar-refractivity contribution is -0.137. The van der Waals surface area contributed by atoms with Gasteiger partial charge >= 0.3 is 0 Å². The summed E-state index contributed by atoms with van der Waals surface area (Å²) in [4.78, 5) is 25.7. The van der Waals surface area contributed by atoms with Gasteiger partial charge < -0.3 is 9.80 Å². The second-order valence-electron chi connectivity index (χ2n) is 3.55. The molecule has 0 bridgehead atoms. The summed E-state index contributed by atoms with van der Waals surface area (Å²) in [6.45, 7) is 2.91. The first-order valence-electron chi connectivity index (χ1n) is 5.06. The van der Waals surface area contributed by atoms with E-state index in [0.29, 0.717) is 0 Å². The monoisotopic (exact) mass is 234 g/mol. The molecule has 0 fully saturated rings. The Morgan fingerprint density at radius 3 is 2.20 bits per heavy atom. The average Bonchev–Trinajstić information content (AvgIpc) is 2.24. The van der Waals surface area contributed by atoms with Gasteiger partial charge in [0.2, 0.25) is 11.8 Å². The molecular formula is C10H19ClN2O2. The maximum atomic E-state index is 11.6. The topological polar surface area (TPSA) is 40.6 Å². The minimum atomic E-state index is -0.228. The predicted molar refractivity (Wildman–Crippen MR) is 60.9 cm³/mol. The van der Waals surface area contributed by atoms with Crippen LogP contribution in [0.1, 0.15) is 19.8 Å². The molecule has 0 rings (SSSR count). The first-order chi connectivity index (χ1) is 7.02. The zero-order valence-corrected chi connectivity index (χ0v) is 10.4. The molecule has 0 saturated heterocycles. The summed E-state index contributed by atoms with van der Waals surface area (Å²) in [5.74, 6) is -0.360. The van der Waals surface area contributed by atoms with Gasteiger partial charge in [0.15, 0.2) is 0 Å². The van der Waals surface area contributed by atoms with Crippen molar-refractivity contribution in [2.24, 2.45) is 0 Å². The minimum absolute atomic E-state index is 0.0515. The third-order valence-corrected chi connectivity index (χ3v) is 2.41. The summed E-state index contributed by atoms with van der Waals surface area (Å²) in [6.07, 6.45) is 2.03. The zero-order chi connectivity index (χ0) is 11.8. The number of rotatable bonds is 6. The molecular weight excluding hydrogens is 216 g/mol. The Kier molecular flexibility index (Phi) is 7.13. The quantitative estimate of drug-likeness (QED) is 0.642. The SMILES string of the molecule is CCCCN(C)C(=O)CN(C)C(=O)CCl. The largest absolute Gasteiger partial charge is 0.344 e. The fraction of sp³-hybridized carbons (Fsp3) is 0.800. The van der Waals surface area contributed by atoms with Gasteiger partial charge in [0.1, 0.15) is 5.88 Å². The van der Waals surface area contributed by atoms with Gasteiger partial charge in [-0.05, 0) is 6.42 Å². The number of carbonyl (C=O) groups excluding carboxylic acids is 2. The van der Waals surface area contributed by atoms with Crippen molar-refractivity contribution in [1.29, 1.82) is 0 Å². The molecule has 0 saturated carbocycles. The van der Waals surface area contributed by atoms with E-state index in [0.717, 1.165) is 19.4 Å². The molecule has 0 spiro atoms. The highest BCUT2D eigenvalue weighted by atomic mass is 35.5. The summed E-state index contributed by atoms with van der Waals surface area (Å²) in [7, 11) is 3.33. The fourth-order valence-electron chi connectivity index (χ4n) is 1.03. The van der Waals surface area contributed by atoms with Crippen LogP contribution in [0.3, 0.4) is 0 Å². The molecule has 0 aliphatic carbocycles. The minimum Gasteiger partial charge on any atom is -0.344 e. The molecule has 0 radical (unpaired) electrons. The Morgan fingerprint density at radius 2 is 1.73 bits per heavy atom. The molecule has 0 unspecified atom stereocenters. The Labute approximate surface area is 96.2 Å². The van der Waals surface area contributed by atoms with Crippen molar-refractivity contribution in [3.05, 3.63) is 0 Å². The fourth-order valence-corrected chi connectivity index (χ4v) is 1.24. The molecule has 0 aromatic rings.